The van der Waals surface area contributed by atoms with E-state index in [-0.39, 0.29) is 11.8 Å². The fourth-order valence-corrected chi connectivity index (χ4v) is 3.83. The Hall–Kier alpha value is -1.66. The van der Waals surface area contributed by atoms with Crippen LogP contribution in [0.5, 0.6) is 0 Å². The maximum absolute atomic E-state index is 12.7. The molecule has 5 nitrogen and oxygen atoms in total. The molecule has 0 fully saturated rings. The Balaban J connectivity index is 1.69. The van der Waals surface area contributed by atoms with Gasteiger partial charge in [0, 0.05) is 37.6 Å². The number of amides is 1. The molecular weight excluding hydrogens is 308 g/mol. The number of imidazole rings is 1. The fraction of sp³-hybridized carbons (Fsp3) is 0.529. The minimum absolute atomic E-state index is 0.108. The predicted molar refractivity (Wildman–Crippen MR) is 92.5 cm³/mol. The third-order valence-electron chi connectivity index (χ3n) is 4.46. The highest BCUT2D eigenvalue weighted by molar-refractivity contribution is 7.09. The van der Waals surface area contributed by atoms with Gasteiger partial charge in [0.1, 0.15) is 0 Å². The highest BCUT2D eigenvalue weighted by atomic mass is 32.1. The number of aryl methyl sites for hydroxylation is 1. The number of nitrogens with zero attached hydrogens (tertiary/aromatic N) is 3. The van der Waals surface area contributed by atoms with E-state index >= 15 is 0 Å². The first kappa shape index (κ1) is 16.2. The summed E-state index contributed by atoms with van der Waals surface area (Å²) in [4.78, 5) is 20.8. The van der Waals surface area contributed by atoms with Crippen molar-refractivity contribution in [2.45, 2.75) is 38.8 Å². The molecule has 6 heteroatoms. The molecule has 2 aromatic rings. The Morgan fingerprint density at radius 1 is 1.52 bits per heavy atom. The van der Waals surface area contributed by atoms with Gasteiger partial charge in [0.15, 0.2) is 0 Å². The van der Waals surface area contributed by atoms with Gasteiger partial charge in [-0.15, -0.1) is 11.3 Å². The van der Waals surface area contributed by atoms with Gasteiger partial charge in [-0.2, -0.15) is 0 Å². The molecule has 0 bridgehead atoms. The molecule has 0 unspecified atom stereocenters. The molecule has 0 aliphatic carbocycles. The topological polar surface area (TPSA) is 50.2 Å². The van der Waals surface area contributed by atoms with E-state index in [9.17, 15) is 4.79 Å². The molecular formula is C17H24N4OS. The zero-order valence-corrected chi connectivity index (χ0v) is 14.8. The molecule has 0 radical (unpaired) electrons. The zero-order chi connectivity index (χ0) is 16.4. The van der Waals surface area contributed by atoms with E-state index in [1.807, 2.05) is 24.0 Å². The van der Waals surface area contributed by atoms with Crippen LogP contribution in [0.25, 0.3) is 0 Å². The summed E-state index contributed by atoms with van der Waals surface area (Å²) in [5.74, 6) is -0.0336. The molecule has 1 atom stereocenters. The molecule has 1 aliphatic rings. The fourth-order valence-electron chi connectivity index (χ4n) is 3.12. The Bertz CT molecular complexity index is 662. The van der Waals surface area contributed by atoms with E-state index in [2.05, 4.69) is 40.5 Å². The minimum Gasteiger partial charge on any atom is -0.355 e. The molecule has 0 saturated heterocycles. The van der Waals surface area contributed by atoms with Crippen molar-refractivity contribution in [2.24, 2.45) is 7.05 Å². The lowest BCUT2D eigenvalue weighted by molar-refractivity contribution is -0.123. The van der Waals surface area contributed by atoms with Crippen molar-refractivity contribution in [3.05, 3.63) is 40.1 Å². The second-order valence-electron chi connectivity index (χ2n) is 6.38. The van der Waals surface area contributed by atoms with Crippen molar-refractivity contribution in [3.63, 3.8) is 0 Å². The van der Waals surface area contributed by atoms with Crippen molar-refractivity contribution < 1.29 is 4.79 Å². The van der Waals surface area contributed by atoms with Gasteiger partial charge < -0.3 is 9.88 Å². The summed E-state index contributed by atoms with van der Waals surface area (Å²) in [6, 6.07) is 4.56. The largest absolute Gasteiger partial charge is 0.355 e. The SMILES string of the molecule is CC(C)N1Cc2ncn(C)c2[C@@H](C(=O)NCCc2cccs2)C1. The second-order valence-corrected chi connectivity index (χ2v) is 7.42. The normalized spacial score (nSPS) is 18.2. The molecule has 23 heavy (non-hydrogen) atoms. The molecule has 1 amide bonds. The second kappa shape index (κ2) is 6.84. The van der Waals surface area contributed by atoms with E-state index < -0.39 is 0 Å². The molecule has 3 rings (SSSR count). The van der Waals surface area contributed by atoms with Crippen LogP contribution in [0.2, 0.25) is 0 Å². The zero-order valence-electron chi connectivity index (χ0n) is 14.0. The first-order valence-electron chi connectivity index (χ1n) is 8.10. The monoisotopic (exact) mass is 332 g/mol. The summed E-state index contributed by atoms with van der Waals surface area (Å²) in [6.07, 6.45) is 2.71. The van der Waals surface area contributed by atoms with Gasteiger partial charge in [-0.3, -0.25) is 9.69 Å². The van der Waals surface area contributed by atoms with Gasteiger partial charge in [-0.1, -0.05) is 6.07 Å². The van der Waals surface area contributed by atoms with Gasteiger partial charge in [-0.05, 0) is 31.7 Å². The van der Waals surface area contributed by atoms with Crippen LogP contribution in [-0.4, -0.2) is 39.5 Å². The quantitative estimate of drug-likeness (QED) is 0.913. The number of carbonyl (C=O) groups excluding carboxylic acids is 1. The van der Waals surface area contributed by atoms with Crippen LogP contribution in [0.3, 0.4) is 0 Å². The van der Waals surface area contributed by atoms with Gasteiger partial charge in [0.05, 0.1) is 23.6 Å². The number of thiophene rings is 1. The molecule has 2 aromatic heterocycles. The Morgan fingerprint density at radius 3 is 3.04 bits per heavy atom. The third-order valence-corrected chi connectivity index (χ3v) is 5.40. The number of fused-ring (bicyclic) bond motifs is 1. The highest BCUT2D eigenvalue weighted by Gasteiger charge is 2.34. The maximum Gasteiger partial charge on any atom is 0.230 e. The van der Waals surface area contributed by atoms with Crippen LogP contribution in [0.15, 0.2) is 23.8 Å². The summed E-state index contributed by atoms with van der Waals surface area (Å²) in [6.45, 7) is 6.60. The average Bonchev–Trinajstić information content (AvgIpc) is 3.16. The molecule has 3 heterocycles. The van der Waals surface area contributed by atoms with E-state index in [0.29, 0.717) is 12.6 Å². The number of rotatable bonds is 5. The average molecular weight is 332 g/mol. The van der Waals surface area contributed by atoms with Crippen molar-refractivity contribution in [1.82, 2.24) is 19.8 Å². The maximum atomic E-state index is 12.7. The lowest BCUT2D eigenvalue weighted by Gasteiger charge is -2.34. The van der Waals surface area contributed by atoms with E-state index in [4.69, 9.17) is 0 Å². The summed E-state index contributed by atoms with van der Waals surface area (Å²) >= 11 is 1.73. The summed E-state index contributed by atoms with van der Waals surface area (Å²) < 4.78 is 2.00. The van der Waals surface area contributed by atoms with Gasteiger partial charge >= 0.3 is 0 Å². The first-order chi connectivity index (χ1) is 11.1. The van der Waals surface area contributed by atoms with E-state index in [0.717, 1.165) is 30.9 Å². The van der Waals surface area contributed by atoms with Crippen LogP contribution < -0.4 is 5.32 Å². The van der Waals surface area contributed by atoms with Gasteiger partial charge in [0.2, 0.25) is 5.91 Å². The summed E-state index contributed by atoms with van der Waals surface area (Å²) in [5, 5.41) is 5.18. The smallest absolute Gasteiger partial charge is 0.230 e. The minimum atomic E-state index is -0.142. The van der Waals surface area contributed by atoms with E-state index in [1.54, 1.807) is 11.3 Å². The highest BCUT2D eigenvalue weighted by Crippen LogP contribution is 2.28. The Kier molecular flexibility index (Phi) is 4.82. The Labute approximate surface area is 141 Å². The molecule has 0 aromatic carbocycles. The first-order valence-corrected chi connectivity index (χ1v) is 8.98. The number of nitrogens with one attached hydrogen (secondary N) is 1. The Morgan fingerprint density at radius 2 is 2.35 bits per heavy atom. The molecule has 1 N–H and O–H groups in total. The molecule has 0 spiro atoms. The molecule has 1 aliphatic heterocycles. The van der Waals surface area contributed by atoms with Crippen molar-refractivity contribution in [1.29, 1.82) is 0 Å². The lowest BCUT2D eigenvalue weighted by atomic mass is 9.96. The number of carbonyl (C=O) groups is 1. The third kappa shape index (κ3) is 3.48. The van der Waals surface area contributed by atoms with Crippen molar-refractivity contribution >= 4 is 17.2 Å². The van der Waals surface area contributed by atoms with Crippen LogP contribution in [0.4, 0.5) is 0 Å². The van der Waals surface area contributed by atoms with Crippen LogP contribution in [0.1, 0.15) is 36.0 Å². The van der Waals surface area contributed by atoms with Crippen molar-refractivity contribution in [2.75, 3.05) is 13.1 Å². The summed E-state index contributed by atoms with van der Waals surface area (Å²) in [5.41, 5.74) is 2.10. The molecule has 0 saturated carbocycles. The lowest BCUT2D eigenvalue weighted by Crippen LogP contribution is -2.44. The van der Waals surface area contributed by atoms with Crippen LogP contribution in [0, 0.1) is 0 Å². The van der Waals surface area contributed by atoms with Crippen LogP contribution >= 0.6 is 11.3 Å². The summed E-state index contributed by atoms with van der Waals surface area (Å²) in [7, 11) is 1.97. The van der Waals surface area contributed by atoms with Gasteiger partial charge in [0.25, 0.3) is 0 Å². The van der Waals surface area contributed by atoms with E-state index in [1.165, 1.54) is 4.88 Å². The number of hydrogen-bond acceptors (Lipinski definition) is 4. The van der Waals surface area contributed by atoms with Gasteiger partial charge in [-0.25, -0.2) is 4.98 Å². The van der Waals surface area contributed by atoms with Crippen LogP contribution in [-0.2, 0) is 24.8 Å². The number of hydrogen-bond donors (Lipinski definition) is 1. The molecule has 124 valence electrons. The van der Waals surface area contributed by atoms with Crippen molar-refractivity contribution in [3.8, 4) is 0 Å². The number of aromatic nitrogens is 2. The predicted octanol–water partition coefficient (Wildman–Crippen LogP) is 2.15. The standard InChI is InChI=1S/C17H24N4OS/c1-12(2)21-9-14(16-15(10-21)19-11-20(16)3)17(22)18-7-6-13-5-4-8-23-13/h4-5,8,11-12,14H,6-7,9-10H2,1-3H3,(H,18,22)/t14-/m0/s1.